The highest BCUT2D eigenvalue weighted by Crippen LogP contribution is 2.33. The van der Waals surface area contributed by atoms with E-state index in [1.165, 1.54) is 18.3 Å². The molecule has 0 spiro atoms. The van der Waals surface area contributed by atoms with Gasteiger partial charge in [0.15, 0.2) is 0 Å². The van der Waals surface area contributed by atoms with E-state index in [1.54, 1.807) is 0 Å². The summed E-state index contributed by atoms with van der Waals surface area (Å²) in [6, 6.07) is 1.61. The number of halogens is 1. The van der Waals surface area contributed by atoms with Crippen LogP contribution in [-0.4, -0.2) is 27.0 Å². The molecule has 0 saturated heterocycles. The van der Waals surface area contributed by atoms with Crippen molar-refractivity contribution in [2.24, 2.45) is 5.73 Å². The zero-order valence-electron chi connectivity index (χ0n) is 9.59. The third-order valence-electron chi connectivity index (χ3n) is 2.80. The third kappa shape index (κ3) is 2.38. The average molecular weight is 284 g/mol. The number of nitro benzene ring substituents is 1. The van der Waals surface area contributed by atoms with Crippen molar-refractivity contribution < 1.29 is 14.8 Å². The molecule has 1 heterocycles. The second-order valence-corrected chi connectivity index (χ2v) is 4.44. The van der Waals surface area contributed by atoms with Crippen LogP contribution in [0.25, 0.3) is 10.9 Å². The molecule has 0 aliphatic heterocycles. The average Bonchev–Trinajstić information content (AvgIpc) is 2.73. The number of hydrogen-bond acceptors (Lipinski definition) is 4. The lowest BCUT2D eigenvalue weighted by molar-refractivity contribution is -0.383. The first-order chi connectivity index (χ1) is 8.91. The van der Waals surface area contributed by atoms with Gasteiger partial charge in [-0.3, -0.25) is 14.9 Å². The fraction of sp³-hybridized carbons (Fsp3) is 0.182. The van der Waals surface area contributed by atoms with Gasteiger partial charge >= 0.3 is 5.97 Å². The summed E-state index contributed by atoms with van der Waals surface area (Å²) in [5.74, 6) is -1.14. The van der Waals surface area contributed by atoms with Gasteiger partial charge in [-0.2, -0.15) is 0 Å². The third-order valence-corrected chi connectivity index (χ3v) is 3.11. The predicted molar refractivity (Wildman–Crippen MR) is 69.3 cm³/mol. The number of carbonyl (C=O) groups is 1. The molecular formula is C11H10ClN3O4. The molecule has 0 radical (unpaired) electrons. The molecule has 0 amide bonds. The van der Waals surface area contributed by atoms with Gasteiger partial charge in [0, 0.05) is 24.1 Å². The smallest absolute Gasteiger partial charge is 0.320 e. The molecule has 0 saturated carbocycles. The molecule has 100 valence electrons. The Hall–Kier alpha value is -2.12. The van der Waals surface area contributed by atoms with E-state index in [-0.39, 0.29) is 17.6 Å². The van der Waals surface area contributed by atoms with Crippen molar-refractivity contribution >= 4 is 34.2 Å². The Labute approximate surface area is 112 Å². The summed E-state index contributed by atoms with van der Waals surface area (Å²) in [7, 11) is 0. The maximum Gasteiger partial charge on any atom is 0.320 e. The number of non-ortho nitro benzene ring substituents is 1. The van der Waals surface area contributed by atoms with E-state index in [2.05, 4.69) is 4.98 Å². The van der Waals surface area contributed by atoms with Crippen molar-refractivity contribution in [3.05, 3.63) is 39.0 Å². The Bertz CT molecular complexity index is 667. The highest BCUT2D eigenvalue weighted by atomic mass is 35.5. The number of benzene rings is 1. The van der Waals surface area contributed by atoms with Gasteiger partial charge in [0.05, 0.1) is 9.95 Å². The van der Waals surface area contributed by atoms with E-state index >= 15 is 0 Å². The minimum absolute atomic E-state index is 0.0379. The summed E-state index contributed by atoms with van der Waals surface area (Å²) in [6.07, 6.45) is 1.53. The van der Waals surface area contributed by atoms with Crippen molar-refractivity contribution in [1.82, 2.24) is 4.98 Å². The first-order valence-electron chi connectivity index (χ1n) is 5.33. The van der Waals surface area contributed by atoms with E-state index in [0.717, 1.165) is 0 Å². The lowest BCUT2D eigenvalue weighted by Crippen LogP contribution is -2.32. The number of aromatic amines is 1. The molecule has 1 aromatic carbocycles. The fourth-order valence-corrected chi connectivity index (χ4v) is 2.17. The molecule has 19 heavy (non-hydrogen) atoms. The van der Waals surface area contributed by atoms with Crippen LogP contribution in [0.4, 0.5) is 5.69 Å². The number of nitrogens with zero attached hydrogens (tertiary/aromatic N) is 1. The van der Waals surface area contributed by atoms with Gasteiger partial charge in [0.25, 0.3) is 5.69 Å². The molecule has 1 aromatic heterocycles. The van der Waals surface area contributed by atoms with Gasteiger partial charge in [0.2, 0.25) is 0 Å². The van der Waals surface area contributed by atoms with Crippen molar-refractivity contribution in [2.45, 2.75) is 12.5 Å². The molecule has 8 heteroatoms. The summed E-state index contributed by atoms with van der Waals surface area (Å²) in [4.78, 5) is 23.9. The van der Waals surface area contributed by atoms with E-state index < -0.39 is 16.9 Å². The van der Waals surface area contributed by atoms with Crippen LogP contribution in [0.1, 0.15) is 5.56 Å². The van der Waals surface area contributed by atoms with Crippen LogP contribution in [0, 0.1) is 10.1 Å². The number of carboxylic acids is 1. The number of aliphatic carboxylic acids is 1. The molecule has 4 N–H and O–H groups in total. The first kappa shape index (κ1) is 13.3. The molecular weight excluding hydrogens is 274 g/mol. The summed E-state index contributed by atoms with van der Waals surface area (Å²) >= 11 is 6.01. The van der Waals surface area contributed by atoms with Gasteiger partial charge < -0.3 is 15.8 Å². The number of nitrogens with two attached hydrogens (primary N) is 1. The molecule has 0 aliphatic carbocycles. The van der Waals surface area contributed by atoms with Crippen molar-refractivity contribution in [3.8, 4) is 0 Å². The van der Waals surface area contributed by atoms with Crippen molar-refractivity contribution in [3.63, 3.8) is 0 Å². The number of H-pyrrole nitrogens is 1. The molecule has 0 aliphatic rings. The SMILES string of the molecule is N[C@@H](Cc1c[nH]c2c([N+](=O)[O-])ccc(Cl)c12)C(=O)O. The highest BCUT2D eigenvalue weighted by molar-refractivity contribution is 6.36. The zero-order valence-corrected chi connectivity index (χ0v) is 10.3. The summed E-state index contributed by atoms with van der Waals surface area (Å²) in [6.45, 7) is 0. The molecule has 0 fully saturated rings. The van der Waals surface area contributed by atoms with Gasteiger partial charge in [-0.05, 0) is 11.6 Å². The minimum Gasteiger partial charge on any atom is -0.480 e. The van der Waals surface area contributed by atoms with Crippen LogP contribution in [0.5, 0.6) is 0 Å². The van der Waals surface area contributed by atoms with Crippen molar-refractivity contribution in [1.29, 1.82) is 0 Å². The van der Waals surface area contributed by atoms with Crippen LogP contribution in [0.2, 0.25) is 5.02 Å². The normalized spacial score (nSPS) is 12.5. The molecule has 2 aromatic rings. The Morgan fingerprint density at radius 3 is 2.84 bits per heavy atom. The summed E-state index contributed by atoms with van der Waals surface area (Å²) in [5, 5.41) is 20.4. The monoisotopic (exact) mass is 283 g/mol. The molecule has 0 bridgehead atoms. The van der Waals surface area contributed by atoms with E-state index in [4.69, 9.17) is 22.4 Å². The van der Waals surface area contributed by atoms with Crippen LogP contribution >= 0.6 is 11.6 Å². The quantitative estimate of drug-likeness (QED) is 0.582. The highest BCUT2D eigenvalue weighted by Gasteiger charge is 2.21. The topological polar surface area (TPSA) is 122 Å². The Morgan fingerprint density at radius 2 is 2.26 bits per heavy atom. The summed E-state index contributed by atoms with van der Waals surface area (Å²) in [5.41, 5.74) is 6.15. The lowest BCUT2D eigenvalue weighted by atomic mass is 10.1. The Kier molecular flexibility index (Phi) is 3.41. The molecule has 2 rings (SSSR count). The maximum atomic E-state index is 10.9. The zero-order chi connectivity index (χ0) is 14.2. The van der Waals surface area contributed by atoms with Gasteiger partial charge in [-0.25, -0.2) is 0 Å². The van der Waals surface area contributed by atoms with Crippen LogP contribution in [0.3, 0.4) is 0 Å². The number of hydrogen-bond donors (Lipinski definition) is 3. The second-order valence-electron chi connectivity index (χ2n) is 4.04. The predicted octanol–water partition coefficient (Wildman–Crippen LogP) is 1.68. The second kappa shape index (κ2) is 4.87. The minimum atomic E-state index is -1.14. The first-order valence-corrected chi connectivity index (χ1v) is 5.71. The van der Waals surface area contributed by atoms with Gasteiger partial charge in [-0.1, -0.05) is 11.6 Å². The van der Waals surface area contributed by atoms with Gasteiger partial charge in [-0.15, -0.1) is 0 Å². The Morgan fingerprint density at radius 1 is 1.58 bits per heavy atom. The number of carboxylic acid groups (broad SMARTS) is 1. The Balaban J connectivity index is 2.56. The van der Waals surface area contributed by atoms with Crippen LogP contribution in [0.15, 0.2) is 18.3 Å². The maximum absolute atomic E-state index is 10.9. The number of nitro groups is 1. The molecule has 0 unspecified atom stereocenters. The molecule has 1 atom stereocenters. The van der Waals surface area contributed by atoms with Gasteiger partial charge in [0.1, 0.15) is 11.6 Å². The van der Waals surface area contributed by atoms with E-state index in [0.29, 0.717) is 16.0 Å². The number of nitrogens with one attached hydrogen (secondary N) is 1. The number of fused-ring (bicyclic) bond motifs is 1. The van der Waals surface area contributed by atoms with Crippen LogP contribution in [-0.2, 0) is 11.2 Å². The van der Waals surface area contributed by atoms with E-state index in [1.807, 2.05) is 0 Å². The fourth-order valence-electron chi connectivity index (χ4n) is 1.90. The lowest BCUT2D eigenvalue weighted by Gasteiger charge is -2.05. The standard InChI is InChI=1S/C11H10ClN3O4/c12-6-1-2-8(15(18)19)10-9(6)5(4-14-10)3-7(13)11(16)17/h1-2,4,7,14H,3,13H2,(H,16,17)/t7-/m0/s1. The molecule has 7 nitrogen and oxygen atoms in total. The summed E-state index contributed by atoms with van der Waals surface area (Å²) < 4.78 is 0. The van der Waals surface area contributed by atoms with Crippen LogP contribution < -0.4 is 5.73 Å². The van der Waals surface area contributed by atoms with Crippen molar-refractivity contribution in [2.75, 3.05) is 0 Å². The number of aromatic nitrogens is 1. The van der Waals surface area contributed by atoms with E-state index in [9.17, 15) is 14.9 Å². The number of rotatable bonds is 4. The largest absolute Gasteiger partial charge is 0.480 e.